The minimum Gasteiger partial charge on any atom is -0.493 e. The second-order valence-electron chi connectivity index (χ2n) is 8.00. The van der Waals surface area contributed by atoms with E-state index in [1.54, 1.807) is 12.3 Å². The highest BCUT2D eigenvalue weighted by Gasteiger charge is 2.49. The number of para-hydroxylation sites is 1. The highest BCUT2D eigenvalue weighted by Crippen LogP contribution is 2.42. The lowest BCUT2D eigenvalue weighted by atomic mass is 9.84. The SMILES string of the molecule is CCOc1ccccc1C1(N2CCN(Cc3ccccc3)CC2)NC=CC(N)=C1C(=O)O. The van der Waals surface area contributed by atoms with Gasteiger partial charge in [0.1, 0.15) is 11.3 Å². The lowest BCUT2D eigenvalue weighted by molar-refractivity contribution is -0.135. The molecule has 0 bridgehead atoms. The van der Waals surface area contributed by atoms with Crippen molar-refractivity contribution >= 4 is 5.97 Å². The lowest BCUT2D eigenvalue weighted by Gasteiger charge is -2.49. The Kier molecular flexibility index (Phi) is 6.48. The molecule has 0 aromatic heterocycles. The number of nitrogens with two attached hydrogens (primary N) is 1. The molecule has 0 saturated carbocycles. The average molecular weight is 435 g/mol. The summed E-state index contributed by atoms with van der Waals surface area (Å²) in [7, 11) is 0. The number of dihydropyridines is 1. The second-order valence-corrected chi connectivity index (χ2v) is 8.00. The summed E-state index contributed by atoms with van der Waals surface area (Å²) in [5, 5.41) is 13.6. The summed E-state index contributed by atoms with van der Waals surface area (Å²) in [6.45, 7) is 6.25. The van der Waals surface area contributed by atoms with Crippen molar-refractivity contribution < 1.29 is 14.6 Å². The van der Waals surface area contributed by atoms with E-state index in [0.717, 1.165) is 25.2 Å². The van der Waals surface area contributed by atoms with Gasteiger partial charge in [-0.1, -0.05) is 48.5 Å². The molecule has 1 atom stereocenters. The summed E-state index contributed by atoms with van der Waals surface area (Å²) in [6.07, 6.45) is 3.34. The number of carboxylic acids is 1. The number of benzene rings is 2. The van der Waals surface area contributed by atoms with E-state index in [0.29, 0.717) is 25.4 Å². The van der Waals surface area contributed by atoms with Gasteiger partial charge in [0.15, 0.2) is 5.66 Å². The van der Waals surface area contributed by atoms with Crippen LogP contribution in [0.5, 0.6) is 5.75 Å². The number of allylic oxidation sites excluding steroid dienone is 1. The topological polar surface area (TPSA) is 91.1 Å². The van der Waals surface area contributed by atoms with E-state index in [2.05, 4.69) is 39.4 Å². The molecule has 0 radical (unpaired) electrons. The maximum Gasteiger partial charge on any atom is 0.337 e. The van der Waals surface area contributed by atoms with Gasteiger partial charge in [-0.15, -0.1) is 0 Å². The third-order valence-corrected chi connectivity index (χ3v) is 6.09. The summed E-state index contributed by atoms with van der Waals surface area (Å²) < 4.78 is 5.91. The molecule has 1 fully saturated rings. The van der Waals surface area contributed by atoms with Gasteiger partial charge in [0.25, 0.3) is 0 Å². The van der Waals surface area contributed by atoms with Crippen LogP contribution in [0.1, 0.15) is 18.1 Å². The van der Waals surface area contributed by atoms with Gasteiger partial charge in [-0.25, -0.2) is 4.79 Å². The molecule has 0 aliphatic carbocycles. The Morgan fingerprint density at radius 2 is 1.78 bits per heavy atom. The number of hydrogen-bond donors (Lipinski definition) is 3. The van der Waals surface area contributed by atoms with Crippen LogP contribution in [0.15, 0.2) is 78.1 Å². The minimum absolute atomic E-state index is 0.128. The van der Waals surface area contributed by atoms with Crippen molar-refractivity contribution in [2.45, 2.75) is 19.1 Å². The first-order chi connectivity index (χ1) is 15.6. The third kappa shape index (κ3) is 4.09. The van der Waals surface area contributed by atoms with Crippen LogP contribution in [0.2, 0.25) is 0 Å². The summed E-state index contributed by atoms with van der Waals surface area (Å²) in [5.74, 6) is -0.395. The number of hydrogen-bond acceptors (Lipinski definition) is 6. The molecule has 2 heterocycles. The predicted molar refractivity (Wildman–Crippen MR) is 124 cm³/mol. The van der Waals surface area contributed by atoms with Crippen LogP contribution in [0.3, 0.4) is 0 Å². The van der Waals surface area contributed by atoms with E-state index >= 15 is 0 Å². The molecule has 2 aromatic rings. The molecule has 168 valence electrons. The van der Waals surface area contributed by atoms with Crippen molar-refractivity contribution in [2.24, 2.45) is 5.73 Å². The van der Waals surface area contributed by atoms with Gasteiger partial charge in [0.2, 0.25) is 0 Å². The average Bonchev–Trinajstić information content (AvgIpc) is 2.80. The number of rotatable bonds is 7. The van der Waals surface area contributed by atoms with Crippen molar-refractivity contribution in [1.82, 2.24) is 15.1 Å². The molecular formula is C25H30N4O3. The van der Waals surface area contributed by atoms with Crippen LogP contribution in [0, 0.1) is 0 Å². The van der Waals surface area contributed by atoms with E-state index in [9.17, 15) is 9.90 Å². The van der Waals surface area contributed by atoms with E-state index in [-0.39, 0.29) is 11.3 Å². The zero-order valence-corrected chi connectivity index (χ0v) is 18.3. The van der Waals surface area contributed by atoms with Gasteiger partial charge in [0.05, 0.1) is 6.61 Å². The van der Waals surface area contributed by atoms with Crippen LogP contribution < -0.4 is 15.8 Å². The molecule has 4 rings (SSSR count). The Morgan fingerprint density at radius 3 is 2.47 bits per heavy atom. The van der Waals surface area contributed by atoms with Gasteiger partial charge >= 0.3 is 5.97 Å². The molecule has 2 aliphatic heterocycles. The molecule has 2 aliphatic rings. The Balaban J connectivity index is 1.69. The molecule has 32 heavy (non-hydrogen) atoms. The Labute approximate surface area is 188 Å². The Bertz CT molecular complexity index is 1010. The first-order valence-corrected chi connectivity index (χ1v) is 11.0. The van der Waals surface area contributed by atoms with Gasteiger partial charge in [-0.2, -0.15) is 0 Å². The summed E-state index contributed by atoms with van der Waals surface area (Å²) in [5.41, 5.74) is 7.53. The zero-order chi connectivity index (χ0) is 22.6. The van der Waals surface area contributed by atoms with Crippen molar-refractivity contribution in [3.63, 3.8) is 0 Å². The van der Waals surface area contributed by atoms with Crippen molar-refractivity contribution in [2.75, 3.05) is 32.8 Å². The molecule has 7 heteroatoms. The first kappa shape index (κ1) is 21.9. The number of carbonyl (C=O) groups is 1. The number of nitrogens with one attached hydrogen (secondary N) is 1. The second kappa shape index (κ2) is 9.46. The third-order valence-electron chi connectivity index (χ3n) is 6.09. The molecule has 4 N–H and O–H groups in total. The van der Waals surface area contributed by atoms with E-state index in [4.69, 9.17) is 10.5 Å². The van der Waals surface area contributed by atoms with Gasteiger partial charge in [0, 0.05) is 50.2 Å². The Morgan fingerprint density at radius 1 is 1.09 bits per heavy atom. The largest absolute Gasteiger partial charge is 0.493 e. The highest BCUT2D eigenvalue weighted by atomic mass is 16.5. The maximum absolute atomic E-state index is 12.5. The predicted octanol–water partition coefficient (Wildman–Crippen LogP) is 2.47. The molecular weight excluding hydrogens is 404 g/mol. The number of nitrogens with zero attached hydrogens (tertiary/aromatic N) is 2. The number of carboxylic acid groups (broad SMARTS) is 1. The molecule has 7 nitrogen and oxygen atoms in total. The fourth-order valence-corrected chi connectivity index (χ4v) is 4.66. The number of ether oxygens (including phenoxy) is 1. The molecule has 0 spiro atoms. The lowest BCUT2D eigenvalue weighted by Crippen LogP contribution is -2.63. The Hall–Kier alpha value is -3.29. The molecule has 1 unspecified atom stereocenters. The van der Waals surface area contributed by atoms with Crippen LogP contribution in [0.4, 0.5) is 0 Å². The van der Waals surface area contributed by atoms with Gasteiger partial charge in [-0.3, -0.25) is 9.80 Å². The summed E-state index contributed by atoms with van der Waals surface area (Å²) in [4.78, 5) is 17.0. The zero-order valence-electron chi connectivity index (χ0n) is 18.3. The first-order valence-electron chi connectivity index (χ1n) is 11.0. The molecule has 2 aromatic carbocycles. The van der Waals surface area contributed by atoms with E-state index < -0.39 is 11.6 Å². The van der Waals surface area contributed by atoms with Crippen molar-refractivity contribution in [1.29, 1.82) is 0 Å². The fourth-order valence-electron chi connectivity index (χ4n) is 4.66. The minimum atomic E-state index is -1.12. The molecule has 0 amide bonds. The normalized spacial score (nSPS) is 21.9. The van der Waals surface area contributed by atoms with Crippen molar-refractivity contribution in [3.8, 4) is 5.75 Å². The van der Waals surface area contributed by atoms with Crippen LogP contribution in [0.25, 0.3) is 0 Å². The standard InChI is InChI=1S/C25H30N4O3/c1-2-32-22-11-7-6-10-20(22)25(23(24(30)31)21(26)12-13-27-25)29-16-14-28(15-17-29)18-19-8-4-3-5-9-19/h3-13,27H,2,14-18,26H2,1H3,(H,30,31). The van der Waals surface area contributed by atoms with Crippen LogP contribution in [-0.2, 0) is 17.0 Å². The molecule has 1 saturated heterocycles. The van der Waals surface area contributed by atoms with Crippen LogP contribution in [-0.4, -0.2) is 53.7 Å². The fraction of sp³-hybridized carbons (Fsp3) is 0.320. The summed E-state index contributed by atoms with van der Waals surface area (Å²) in [6, 6.07) is 18.0. The van der Waals surface area contributed by atoms with E-state index in [1.807, 2.05) is 37.3 Å². The van der Waals surface area contributed by atoms with Crippen LogP contribution >= 0.6 is 0 Å². The number of piperazine rings is 1. The van der Waals surface area contributed by atoms with Gasteiger partial charge in [-0.05, 0) is 24.6 Å². The van der Waals surface area contributed by atoms with E-state index in [1.165, 1.54) is 5.56 Å². The highest BCUT2D eigenvalue weighted by molar-refractivity contribution is 5.91. The van der Waals surface area contributed by atoms with Crippen molar-refractivity contribution in [3.05, 3.63) is 89.3 Å². The maximum atomic E-state index is 12.5. The monoisotopic (exact) mass is 434 g/mol. The van der Waals surface area contributed by atoms with Gasteiger partial charge < -0.3 is 20.9 Å². The number of aliphatic carboxylic acids is 1. The summed E-state index contributed by atoms with van der Waals surface area (Å²) >= 11 is 0. The smallest absolute Gasteiger partial charge is 0.337 e. The quantitative estimate of drug-likeness (QED) is 0.617.